The summed E-state index contributed by atoms with van der Waals surface area (Å²) >= 11 is 0.891. The number of hydrogen-bond donors (Lipinski definition) is 0. The van der Waals surface area contributed by atoms with Crippen LogP contribution in [0, 0.1) is 20.2 Å². The van der Waals surface area contributed by atoms with Crippen molar-refractivity contribution in [3.05, 3.63) is 153 Å². The second-order valence-electron chi connectivity index (χ2n) is 12.2. The van der Waals surface area contributed by atoms with E-state index in [0.717, 1.165) is 22.5 Å². The molecule has 0 spiro atoms. The molecule has 0 radical (unpaired) electrons. The van der Waals surface area contributed by atoms with Gasteiger partial charge in [-0.25, -0.2) is 9.79 Å². The first-order valence-electron chi connectivity index (χ1n) is 17.4. The Labute approximate surface area is 323 Å². The zero-order valence-corrected chi connectivity index (χ0v) is 31.6. The third kappa shape index (κ3) is 8.14. The molecule has 0 N–H and O–H groups in total. The average molecular weight is 781 g/mol. The second-order valence-corrected chi connectivity index (χ2v) is 13.2. The molecule has 56 heavy (non-hydrogen) atoms. The largest absolute Gasteiger partial charge is 0.493 e. The molecular formula is C40H36N4O11S. The molecule has 0 saturated carbocycles. The van der Waals surface area contributed by atoms with E-state index < -0.39 is 33.1 Å². The molecule has 15 nitrogen and oxygen atoms in total. The summed E-state index contributed by atoms with van der Waals surface area (Å²) in [6.45, 7) is 5.25. The van der Waals surface area contributed by atoms with E-state index in [2.05, 4.69) is 0 Å². The number of nitro benzene ring substituents is 2. The minimum atomic E-state index is -1.31. The van der Waals surface area contributed by atoms with Crippen LogP contribution in [-0.4, -0.2) is 40.7 Å². The Bertz CT molecular complexity index is 2520. The van der Waals surface area contributed by atoms with Crippen molar-refractivity contribution in [2.45, 2.75) is 40.0 Å². The van der Waals surface area contributed by atoms with Crippen molar-refractivity contribution < 1.29 is 38.3 Å². The number of methoxy groups -OCH3 is 1. The van der Waals surface area contributed by atoms with Gasteiger partial charge in [-0.15, -0.1) is 0 Å². The molecule has 0 unspecified atom stereocenters. The molecule has 1 aromatic heterocycles. The fourth-order valence-electron chi connectivity index (χ4n) is 6.09. The lowest BCUT2D eigenvalue weighted by Crippen LogP contribution is -2.35. The standard InChI is InChI=1S/C40H36N4O11S/c1-5-52-32-19-28(30(44(49)50)21-34(32)55-23-26-15-11-8-12-16-26)37-36(39(46)53-6-2)24(3)42-38(45)35(56-40(42)41-37)18-27-17-31(51-4)33(20-29(27)43(47)48)54-22-25-13-9-7-10-14-25/h7-21,37H,5-6,22-23H2,1-4H3/b35-18-/t37-/m1/s1. The molecule has 0 amide bonds. The third-order valence-corrected chi connectivity index (χ3v) is 9.68. The van der Waals surface area contributed by atoms with E-state index >= 15 is 0 Å². The van der Waals surface area contributed by atoms with Gasteiger partial charge in [-0.1, -0.05) is 72.0 Å². The maximum absolute atomic E-state index is 14.0. The average Bonchev–Trinajstić information content (AvgIpc) is 3.51. The Hall–Kier alpha value is -6.81. The van der Waals surface area contributed by atoms with Gasteiger partial charge >= 0.3 is 5.97 Å². The number of benzene rings is 4. The van der Waals surface area contributed by atoms with Crippen LogP contribution < -0.4 is 33.8 Å². The van der Waals surface area contributed by atoms with Crippen LogP contribution in [0.2, 0.25) is 0 Å². The van der Waals surface area contributed by atoms with E-state index in [1.165, 1.54) is 48.9 Å². The van der Waals surface area contributed by atoms with Gasteiger partial charge in [-0.3, -0.25) is 29.6 Å². The summed E-state index contributed by atoms with van der Waals surface area (Å²) in [7, 11) is 1.39. The summed E-state index contributed by atoms with van der Waals surface area (Å²) in [6.07, 6.45) is 1.33. The monoisotopic (exact) mass is 780 g/mol. The maximum Gasteiger partial charge on any atom is 0.338 e. The zero-order chi connectivity index (χ0) is 39.9. The van der Waals surface area contributed by atoms with Crippen molar-refractivity contribution in [1.29, 1.82) is 0 Å². The fraction of sp³-hybridized carbons (Fsp3) is 0.225. The predicted molar refractivity (Wildman–Crippen MR) is 207 cm³/mol. The molecule has 0 fully saturated rings. The quantitative estimate of drug-likeness (QED) is 0.0661. The van der Waals surface area contributed by atoms with Gasteiger partial charge in [0.25, 0.3) is 16.9 Å². The van der Waals surface area contributed by atoms with Gasteiger partial charge in [0.15, 0.2) is 27.8 Å². The molecule has 0 saturated heterocycles. The van der Waals surface area contributed by atoms with Gasteiger partial charge in [0, 0.05) is 5.70 Å². The summed E-state index contributed by atoms with van der Waals surface area (Å²) in [5.41, 5.74) is 0.326. The number of carbonyl (C=O) groups is 1. The minimum absolute atomic E-state index is 0.00277. The molecule has 16 heteroatoms. The van der Waals surface area contributed by atoms with Crippen LogP contribution in [-0.2, 0) is 22.7 Å². The Morgan fingerprint density at radius 3 is 1.95 bits per heavy atom. The number of fused-ring (bicyclic) bond motifs is 1. The number of thiazole rings is 1. The highest BCUT2D eigenvalue weighted by Crippen LogP contribution is 2.43. The van der Waals surface area contributed by atoms with E-state index in [1.807, 2.05) is 60.7 Å². The number of allylic oxidation sites excluding steroid dienone is 1. The minimum Gasteiger partial charge on any atom is -0.493 e. The van der Waals surface area contributed by atoms with Crippen molar-refractivity contribution in [3.8, 4) is 23.0 Å². The van der Waals surface area contributed by atoms with Crippen LogP contribution in [0.4, 0.5) is 11.4 Å². The van der Waals surface area contributed by atoms with Crippen LogP contribution in [0.1, 0.15) is 49.1 Å². The topological polar surface area (TPSA) is 184 Å². The summed E-state index contributed by atoms with van der Waals surface area (Å²) in [5.74, 6) is -0.225. The highest BCUT2D eigenvalue weighted by Gasteiger charge is 2.36. The molecule has 4 aromatic carbocycles. The Kier molecular flexibility index (Phi) is 11.9. The third-order valence-electron chi connectivity index (χ3n) is 8.69. The second kappa shape index (κ2) is 17.1. The number of rotatable bonds is 15. The van der Waals surface area contributed by atoms with Crippen molar-refractivity contribution in [1.82, 2.24) is 4.57 Å². The molecule has 2 heterocycles. The van der Waals surface area contributed by atoms with E-state index in [-0.39, 0.29) is 86.8 Å². The van der Waals surface area contributed by atoms with E-state index in [9.17, 15) is 29.8 Å². The van der Waals surface area contributed by atoms with Crippen LogP contribution in [0.15, 0.2) is 100 Å². The SMILES string of the molecule is CCOC(=O)C1=C(C)n2c(s/c(=C\c3cc(OC)c(OCc4ccccc4)cc3[N+](=O)[O-])c2=O)=N[C@@H]1c1cc(OCC)c(OCc2ccccc2)cc1[N+](=O)[O-]. The van der Waals surface area contributed by atoms with Crippen LogP contribution >= 0.6 is 11.3 Å². The molecule has 6 rings (SSSR count). The molecule has 288 valence electrons. The van der Waals surface area contributed by atoms with Gasteiger partial charge in [-0.05, 0) is 50.1 Å². The van der Waals surface area contributed by atoms with Gasteiger partial charge in [0.05, 0.1) is 63.5 Å². The zero-order valence-electron chi connectivity index (χ0n) is 30.8. The first kappa shape index (κ1) is 38.9. The number of esters is 1. The number of ether oxygens (including phenoxy) is 5. The van der Waals surface area contributed by atoms with Crippen LogP contribution in [0.3, 0.4) is 0 Å². The van der Waals surface area contributed by atoms with Gasteiger partial charge in [0.2, 0.25) is 0 Å². The van der Waals surface area contributed by atoms with Gasteiger partial charge < -0.3 is 23.7 Å². The lowest BCUT2D eigenvalue weighted by molar-refractivity contribution is -0.385. The number of hydrogen-bond acceptors (Lipinski definition) is 13. The van der Waals surface area contributed by atoms with E-state index in [1.54, 1.807) is 13.8 Å². The molecule has 5 aromatic rings. The summed E-state index contributed by atoms with van der Waals surface area (Å²) in [5, 5.41) is 24.9. The highest BCUT2D eigenvalue weighted by molar-refractivity contribution is 7.07. The first-order chi connectivity index (χ1) is 27.0. The predicted octanol–water partition coefficient (Wildman–Crippen LogP) is 6.29. The smallest absolute Gasteiger partial charge is 0.338 e. The highest BCUT2D eigenvalue weighted by atomic mass is 32.1. The molecular weight excluding hydrogens is 745 g/mol. The summed E-state index contributed by atoms with van der Waals surface area (Å²) in [4.78, 5) is 56.2. The number of carbonyl (C=O) groups excluding carboxylic acids is 1. The molecule has 1 atom stereocenters. The number of nitro groups is 2. The van der Waals surface area contributed by atoms with Crippen LogP contribution in [0.25, 0.3) is 11.8 Å². The number of aromatic nitrogens is 1. The lowest BCUT2D eigenvalue weighted by atomic mass is 9.94. The van der Waals surface area contributed by atoms with Crippen LogP contribution in [0.5, 0.6) is 23.0 Å². The first-order valence-corrected chi connectivity index (χ1v) is 18.2. The normalized spacial score (nSPS) is 13.7. The molecule has 1 aliphatic rings. The maximum atomic E-state index is 14.0. The number of nitrogens with zero attached hydrogens (tertiary/aromatic N) is 4. The van der Waals surface area contributed by atoms with E-state index in [0.29, 0.717) is 0 Å². The lowest BCUT2D eigenvalue weighted by Gasteiger charge is -2.23. The Morgan fingerprint density at radius 1 is 0.821 bits per heavy atom. The Morgan fingerprint density at radius 2 is 1.39 bits per heavy atom. The molecule has 1 aliphatic heterocycles. The molecule has 0 bridgehead atoms. The Balaban J connectivity index is 1.49. The summed E-state index contributed by atoms with van der Waals surface area (Å²) < 4.78 is 29.8. The van der Waals surface area contributed by atoms with Crippen molar-refractivity contribution in [3.63, 3.8) is 0 Å². The molecule has 0 aliphatic carbocycles. The van der Waals surface area contributed by atoms with Gasteiger partial charge in [-0.2, -0.15) is 0 Å². The van der Waals surface area contributed by atoms with Crippen molar-refractivity contribution in [2.24, 2.45) is 4.99 Å². The van der Waals surface area contributed by atoms with Crippen molar-refractivity contribution in [2.75, 3.05) is 20.3 Å². The fourth-order valence-corrected chi connectivity index (χ4v) is 7.12. The van der Waals surface area contributed by atoms with E-state index in [4.69, 9.17) is 28.7 Å². The van der Waals surface area contributed by atoms with Crippen molar-refractivity contribution >= 4 is 40.5 Å². The summed E-state index contributed by atoms with van der Waals surface area (Å²) in [6, 6.07) is 22.4. The van der Waals surface area contributed by atoms with Gasteiger partial charge in [0.1, 0.15) is 19.3 Å².